The zero-order chi connectivity index (χ0) is 20.4. The molecule has 0 fully saturated rings. The minimum absolute atomic E-state index is 0.0617. The van der Waals surface area contributed by atoms with Crippen LogP contribution < -0.4 is 10.6 Å². The predicted molar refractivity (Wildman–Crippen MR) is 98.1 cm³/mol. The molecular weight excluding hydrogens is 378 g/mol. The van der Waals surface area contributed by atoms with Gasteiger partial charge in [0.1, 0.15) is 5.69 Å². The molecule has 2 rings (SSSR count). The first-order chi connectivity index (χ1) is 12.5. The van der Waals surface area contributed by atoms with E-state index in [1.54, 1.807) is 26.0 Å². The number of nitrogens with two attached hydrogens (primary N) is 1. The quantitative estimate of drug-likeness (QED) is 0.430. The third-order valence-electron chi connectivity index (χ3n) is 3.66. The number of hydrogen-bond acceptors (Lipinski definition) is 8. The van der Waals surface area contributed by atoms with Gasteiger partial charge in [0.15, 0.2) is 0 Å². The van der Waals surface area contributed by atoms with Gasteiger partial charge in [0, 0.05) is 23.3 Å². The third-order valence-corrected chi connectivity index (χ3v) is 4.57. The maximum absolute atomic E-state index is 11.3. The first kappa shape index (κ1) is 19.9. The Balaban J connectivity index is 2.38. The van der Waals surface area contributed by atoms with Crippen molar-refractivity contribution in [2.45, 2.75) is 18.7 Å². The van der Waals surface area contributed by atoms with Crippen LogP contribution in [0.15, 0.2) is 46.4 Å². The molecule has 0 saturated heterocycles. The van der Waals surface area contributed by atoms with Crippen LogP contribution in [0.4, 0.5) is 17.1 Å². The third kappa shape index (κ3) is 4.62. The average molecular weight is 393 g/mol. The van der Waals surface area contributed by atoms with Crippen molar-refractivity contribution in [2.24, 2.45) is 10.2 Å². The highest BCUT2D eigenvalue weighted by Gasteiger charge is 2.19. The normalized spacial score (nSPS) is 11.9. The van der Waals surface area contributed by atoms with E-state index in [2.05, 4.69) is 10.5 Å². The van der Waals surface area contributed by atoms with Crippen molar-refractivity contribution in [3.8, 4) is 0 Å². The second-order valence-electron chi connectivity index (χ2n) is 5.55. The van der Waals surface area contributed by atoms with Gasteiger partial charge in [-0.15, -0.1) is 0 Å². The van der Waals surface area contributed by atoms with E-state index in [0.717, 1.165) is 18.2 Å². The Kier molecular flexibility index (Phi) is 5.52. The van der Waals surface area contributed by atoms with Crippen molar-refractivity contribution in [3.63, 3.8) is 0 Å². The molecular formula is C15H15N5O6S. The van der Waals surface area contributed by atoms with Gasteiger partial charge in [0.25, 0.3) is 11.4 Å². The number of nitrogens with one attached hydrogen (secondary N) is 1. The Morgan fingerprint density at radius 2 is 1.70 bits per heavy atom. The molecule has 2 aromatic rings. The number of benzene rings is 2. The standard InChI is InChI=1S/C15H15N5O6S/c1-9-3-4-11(7-14(9)19(21)22)10(2)17-18-13-6-5-12(27(16,25)26)8-15(13)20(23)24/h3-8,18H,1-2H3,(H2,16,25,26). The number of nitrogens with zero attached hydrogens (tertiary/aromatic N) is 3. The molecule has 0 aliphatic heterocycles. The Bertz CT molecular complexity index is 1060. The van der Waals surface area contributed by atoms with E-state index in [4.69, 9.17) is 5.14 Å². The minimum Gasteiger partial charge on any atom is -0.271 e. The summed E-state index contributed by atoms with van der Waals surface area (Å²) in [7, 11) is -4.10. The van der Waals surface area contributed by atoms with Crippen molar-refractivity contribution in [2.75, 3.05) is 5.43 Å². The van der Waals surface area contributed by atoms with Crippen LogP contribution in [-0.2, 0) is 10.0 Å². The summed E-state index contributed by atoms with van der Waals surface area (Å²) in [5, 5.41) is 31.2. The molecule has 0 amide bonds. The molecule has 0 unspecified atom stereocenters. The molecule has 142 valence electrons. The van der Waals surface area contributed by atoms with Gasteiger partial charge in [-0.3, -0.25) is 25.7 Å². The summed E-state index contributed by atoms with van der Waals surface area (Å²) < 4.78 is 22.7. The first-order valence-electron chi connectivity index (χ1n) is 7.37. The lowest BCUT2D eigenvalue weighted by Crippen LogP contribution is -2.12. The molecule has 3 N–H and O–H groups in total. The minimum atomic E-state index is -4.10. The SMILES string of the molecule is CC(=NNc1ccc(S(N)(=O)=O)cc1[N+](=O)[O-])c1ccc(C)c([N+](=O)[O-])c1. The Hall–Kier alpha value is -3.38. The summed E-state index contributed by atoms with van der Waals surface area (Å²) >= 11 is 0. The lowest BCUT2D eigenvalue weighted by molar-refractivity contribution is -0.385. The number of nitro groups is 2. The van der Waals surface area contributed by atoms with Gasteiger partial charge in [-0.25, -0.2) is 13.6 Å². The van der Waals surface area contributed by atoms with E-state index in [0.29, 0.717) is 16.8 Å². The summed E-state index contributed by atoms with van der Waals surface area (Å²) in [6.07, 6.45) is 0. The molecule has 12 heteroatoms. The van der Waals surface area contributed by atoms with E-state index >= 15 is 0 Å². The van der Waals surface area contributed by atoms with Crippen molar-refractivity contribution in [1.82, 2.24) is 0 Å². The Morgan fingerprint density at radius 3 is 2.26 bits per heavy atom. The summed E-state index contributed by atoms with van der Waals surface area (Å²) in [5.41, 5.74) is 3.07. The van der Waals surface area contributed by atoms with Gasteiger partial charge < -0.3 is 0 Å². The molecule has 0 atom stereocenters. The maximum Gasteiger partial charge on any atom is 0.295 e. The fourth-order valence-electron chi connectivity index (χ4n) is 2.17. The highest BCUT2D eigenvalue weighted by molar-refractivity contribution is 7.89. The summed E-state index contributed by atoms with van der Waals surface area (Å²) in [6.45, 7) is 3.16. The maximum atomic E-state index is 11.3. The molecule has 0 bridgehead atoms. The van der Waals surface area contributed by atoms with Crippen LogP contribution in [0, 0.1) is 27.2 Å². The lowest BCUT2D eigenvalue weighted by Gasteiger charge is -2.07. The number of anilines is 1. The highest BCUT2D eigenvalue weighted by atomic mass is 32.2. The van der Waals surface area contributed by atoms with Crippen LogP contribution >= 0.6 is 0 Å². The van der Waals surface area contributed by atoms with Gasteiger partial charge in [-0.2, -0.15) is 5.10 Å². The monoisotopic (exact) mass is 393 g/mol. The van der Waals surface area contributed by atoms with Crippen LogP contribution in [0.25, 0.3) is 0 Å². The zero-order valence-electron chi connectivity index (χ0n) is 14.2. The fourth-order valence-corrected chi connectivity index (χ4v) is 2.71. The summed E-state index contributed by atoms with van der Waals surface area (Å²) in [4.78, 5) is 20.5. The van der Waals surface area contributed by atoms with Gasteiger partial charge in [0.05, 0.1) is 20.5 Å². The van der Waals surface area contributed by atoms with Gasteiger partial charge in [-0.05, 0) is 26.0 Å². The second-order valence-corrected chi connectivity index (χ2v) is 7.11. The van der Waals surface area contributed by atoms with Crippen LogP contribution in [0.5, 0.6) is 0 Å². The molecule has 11 nitrogen and oxygen atoms in total. The van der Waals surface area contributed by atoms with E-state index in [1.165, 1.54) is 6.07 Å². The first-order valence-corrected chi connectivity index (χ1v) is 8.92. The number of nitro benzene ring substituents is 2. The zero-order valence-corrected chi connectivity index (χ0v) is 15.1. The lowest BCUT2D eigenvalue weighted by atomic mass is 10.1. The smallest absolute Gasteiger partial charge is 0.271 e. The predicted octanol–water partition coefficient (Wildman–Crippen LogP) is 2.29. The number of sulfonamides is 1. The number of hydrazone groups is 1. The van der Waals surface area contributed by atoms with Crippen LogP contribution in [0.1, 0.15) is 18.1 Å². The van der Waals surface area contributed by atoms with Crippen LogP contribution in [0.2, 0.25) is 0 Å². The molecule has 0 radical (unpaired) electrons. The second kappa shape index (κ2) is 7.47. The Morgan fingerprint density at radius 1 is 1.07 bits per heavy atom. The van der Waals surface area contributed by atoms with Gasteiger partial charge in [0.2, 0.25) is 10.0 Å². The highest BCUT2D eigenvalue weighted by Crippen LogP contribution is 2.27. The number of hydrogen-bond donors (Lipinski definition) is 2. The largest absolute Gasteiger partial charge is 0.295 e. The van der Waals surface area contributed by atoms with Crippen molar-refractivity contribution < 1.29 is 18.3 Å². The number of aryl methyl sites for hydroxylation is 1. The van der Waals surface area contributed by atoms with E-state index in [-0.39, 0.29) is 11.4 Å². The topological polar surface area (TPSA) is 171 Å². The Labute approximate surface area is 153 Å². The number of rotatable bonds is 6. The molecule has 0 saturated carbocycles. The molecule has 27 heavy (non-hydrogen) atoms. The van der Waals surface area contributed by atoms with Crippen LogP contribution in [-0.4, -0.2) is 24.0 Å². The van der Waals surface area contributed by atoms with Crippen molar-refractivity contribution in [1.29, 1.82) is 0 Å². The van der Waals surface area contributed by atoms with Crippen molar-refractivity contribution in [3.05, 3.63) is 67.8 Å². The van der Waals surface area contributed by atoms with Crippen molar-refractivity contribution >= 4 is 32.8 Å². The fraction of sp³-hybridized carbons (Fsp3) is 0.133. The van der Waals surface area contributed by atoms with E-state index in [1.807, 2.05) is 0 Å². The molecule has 0 aromatic heterocycles. The van der Waals surface area contributed by atoms with E-state index < -0.39 is 30.5 Å². The summed E-state index contributed by atoms with van der Waals surface area (Å²) in [5.74, 6) is 0. The molecule has 0 aliphatic carbocycles. The molecule has 0 heterocycles. The van der Waals surface area contributed by atoms with Gasteiger partial charge >= 0.3 is 0 Å². The molecule has 2 aromatic carbocycles. The van der Waals surface area contributed by atoms with Gasteiger partial charge in [-0.1, -0.05) is 12.1 Å². The van der Waals surface area contributed by atoms with E-state index in [9.17, 15) is 28.6 Å². The average Bonchev–Trinajstić information content (AvgIpc) is 2.58. The molecule has 0 spiro atoms. The number of primary sulfonamides is 1. The van der Waals surface area contributed by atoms with Crippen LogP contribution in [0.3, 0.4) is 0 Å². The molecule has 0 aliphatic rings. The summed E-state index contributed by atoms with van der Waals surface area (Å²) in [6, 6.07) is 7.61.